The maximum Gasteiger partial charge on any atom is 0.238 e. The number of nitrogens with zero attached hydrogens (tertiary/aromatic N) is 1. The van der Waals surface area contributed by atoms with Gasteiger partial charge in [-0.25, -0.2) is 0 Å². The van der Waals surface area contributed by atoms with Gasteiger partial charge in [-0.3, -0.25) is 9.69 Å². The van der Waals surface area contributed by atoms with Crippen LogP contribution in [0.5, 0.6) is 5.75 Å². The molecule has 3 aromatic carbocycles. The first-order valence-electron chi connectivity index (χ1n) is 9.08. The van der Waals surface area contributed by atoms with Crippen molar-refractivity contribution in [2.75, 3.05) is 10.7 Å². The summed E-state index contributed by atoms with van der Waals surface area (Å²) in [6, 6.07) is 23.7. The summed E-state index contributed by atoms with van der Waals surface area (Å²) in [5, 5.41) is 0.620. The predicted molar refractivity (Wildman–Crippen MR) is 116 cm³/mol. The largest absolute Gasteiger partial charge is 0.489 e. The Morgan fingerprint density at radius 2 is 1.68 bits per heavy atom. The number of aryl methyl sites for hydroxylation is 1. The van der Waals surface area contributed by atoms with E-state index in [1.807, 2.05) is 53.4 Å². The molecular weight excluding hydrogens is 390 g/mol. The number of halogens is 1. The predicted octanol–water partition coefficient (Wildman–Crippen LogP) is 6.01. The van der Waals surface area contributed by atoms with E-state index in [9.17, 15) is 4.79 Å². The van der Waals surface area contributed by atoms with Crippen LogP contribution in [0.15, 0.2) is 72.8 Å². The normalized spacial score (nSPS) is 16.4. The van der Waals surface area contributed by atoms with E-state index in [0.717, 1.165) is 22.6 Å². The molecule has 1 saturated heterocycles. The number of benzene rings is 3. The molecule has 0 bridgehead atoms. The molecule has 0 unspecified atom stereocenters. The third kappa shape index (κ3) is 4.18. The van der Waals surface area contributed by atoms with Crippen molar-refractivity contribution in [2.45, 2.75) is 18.9 Å². The topological polar surface area (TPSA) is 29.5 Å². The average Bonchev–Trinajstić information content (AvgIpc) is 3.10. The van der Waals surface area contributed by atoms with E-state index in [1.54, 1.807) is 11.8 Å². The van der Waals surface area contributed by atoms with E-state index in [1.165, 1.54) is 5.56 Å². The van der Waals surface area contributed by atoms with E-state index >= 15 is 0 Å². The Hall–Kier alpha value is -2.43. The second-order valence-electron chi connectivity index (χ2n) is 6.75. The van der Waals surface area contributed by atoms with E-state index < -0.39 is 0 Å². The van der Waals surface area contributed by atoms with Crippen LogP contribution in [-0.2, 0) is 11.4 Å². The average molecular weight is 410 g/mol. The van der Waals surface area contributed by atoms with Crippen LogP contribution in [0.2, 0.25) is 5.02 Å². The molecule has 142 valence electrons. The molecule has 1 aliphatic rings. The zero-order chi connectivity index (χ0) is 19.5. The van der Waals surface area contributed by atoms with Crippen molar-refractivity contribution in [3.8, 4) is 5.75 Å². The molecule has 3 nitrogen and oxygen atoms in total. The van der Waals surface area contributed by atoms with Crippen LogP contribution in [0, 0.1) is 6.92 Å². The van der Waals surface area contributed by atoms with Gasteiger partial charge in [-0.15, -0.1) is 11.8 Å². The van der Waals surface area contributed by atoms with E-state index in [2.05, 4.69) is 31.2 Å². The van der Waals surface area contributed by atoms with Crippen LogP contribution in [0.4, 0.5) is 5.69 Å². The first kappa shape index (κ1) is 18.9. The summed E-state index contributed by atoms with van der Waals surface area (Å²) in [4.78, 5) is 14.3. The molecule has 28 heavy (non-hydrogen) atoms. The number of carbonyl (C=O) groups is 1. The van der Waals surface area contributed by atoms with Gasteiger partial charge in [0.25, 0.3) is 0 Å². The van der Waals surface area contributed by atoms with Crippen LogP contribution in [0.25, 0.3) is 0 Å². The lowest BCUT2D eigenvalue weighted by atomic mass is 10.1. The van der Waals surface area contributed by atoms with Gasteiger partial charge in [0.05, 0.1) is 5.75 Å². The molecule has 1 fully saturated rings. The van der Waals surface area contributed by atoms with Crippen LogP contribution in [0.1, 0.15) is 22.1 Å². The molecule has 1 atom stereocenters. The number of ether oxygens (including phenoxy) is 1. The highest BCUT2D eigenvalue weighted by Gasteiger charge is 2.33. The minimum absolute atomic E-state index is 0.0418. The summed E-state index contributed by atoms with van der Waals surface area (Å²) in [6.45, 7) is 2.61. The zero-order valence-electron chi connectivity index (χ0n) is 15.5. The lowest BCUT2D eigenvalue weighted by Crippen LogP contribution is -2.27. The van der Waals surface area contributed by atoms with Gasteiger partial charge in [0.15, 0.2) is 0 Å². The third-order valence-corrected chi connectivity index (χ3v) is 6.13. The monoisotopic (exact) mass is 409 g/mol. The molecule has 1 aliphatic heterocycles. The number of thioether (sulfide) groups is 1. The summed E-state index contributed by atoms with van der Waals surface area (Å²) >= 11 is 7.62. The highest BCUT2D eigenvalue weighted by molar-refractivity contribution is 8.00. The molecule has 0 radical (unpaired) electrons. The molecule has 5 heteroatoms. The minimum atomic E-state index is -0.0418. The molecular formula is C23H20ClNO2S. The molecule has 0 N–H and O–H groups in total. The zero-order valence-corrected chi connectivity index (χ0v) is 17.0. The van der Waals surface area contributed by atoms with Crippen LogP contribution < -0.4 is 9.64 Å². The van der Waals surface area contributed by atoms with Crippen molar-refractivity contribution >= 4 is 35.0 Å². The molecule has 0 saturated carbocycles. The Bertz CT molecular complexity index is 955. The first-order valence-corrected chi connectivity index (χ1v) is 10.5. The van der Waals surface area contributed by atoms with Gasteiger partial charge in [0.2, 0.25) is 5.91 Å². The number of hydrogen-bond acceptors (Lipinski definition) is 3. The van der Waals surface area contributed by atoms with Crippen molar-refractivity contribution in [3.63, 3.8) is 0 Å². The highest BCUT2D eigenvalue weighted by Crippen LogP contribution is 2.42. The third-order valence-electron chi connectivity index (χ3n) is 4.66. The van der Waals surface area contributed by atoms with Crippen molar-refractivity contribution < 1.29 is 9.53 Å². The van der Waals surface area contributed by atoms with Gasteiger partial charge >= 0.3 is 0 Å². The molecule has 0 aromatic heterocycles. The fraction of sp³-hybridized carbons (Fsp3) is 0.174. The number of rotatable bonds is 5. The van der Waals surface area contributed by atoms with Crippen molar-refractivity contribution in [2.24, 2.45) is 0 Å². The fourth-order valence-corrected chi connectivity index (χ4v) is 4.43. The second kappa shape index (κ2) is 8.29. The summed E-state index contributed by atoms with van der Waals surface area (Å²) in [7, 11) is 0. The summed E-state index contributed by atoms with van der Waals surface area (Å²) in [6.07, 6.45) is 0. The first-order chi connectivity index (χ1) is 13.6. The number of amides is 1. The van der Waals surface area contributed by atoms with Gasteiger partial charge < -0.3 is 4.74 Å². The summed E-state index contributed by atoms with van der Waals surface area (Å²) in [5.74, 6) is 1.40. The molecule has 0 aliphatic carbocycles. The van der Waals surface area contributed by atoms with Crippen LogP contribution in [0.3, 0.4) is 0 Å². The molecule has 1 heterocycles. The van der Waals surface area contributed by atoms with Crippen molar-refractivity contribution in [1.82, 2.24) is 0 Å². The van der Waals surface area contributed by atoms with Crippen molar-refractivity contribution in [3.05, 3.63) is 94.5 Å². The van der Waals surface area contributed by atoms with Crippen LogP contribution >= 0.6 is 23.4 Å². The van der Waals surface area contributed by atoms with E-state index in [-0.39, 0.29) is 11.3 Å². The van der Waals surface area contributed by atoms with Crippen molar-refractivity contribution in [1.29, 1.82) is 0 Å². The van der Waals surface area contributed by atoms with Gasteiger partial charge in [0.1, 0.15) is 17.7 Å². The maximum atomic E-state index is 12.4. The van der Waals surface area contributed by atoms with Gasteiger partial charge in [-0.1, -0.05) is 53.6 Å². The number of hydrogen-bond donors (Lipinski definition) is 0. The number of anilines is 1. The smallest absolute Gasteiger partial charge is 0.238 e. The lowest BCUT2D eigenvalue weighted by Gasteiger charge is -2.24. The highest BCUT2D eigenvalue weighted by atomic mass is 35.5. The molecule has 3 aromatic rings. The Labute approximate surface area is 174 Å². The Morgan fingerprint density at radius 3 is 2.36 bits per heavy atom. The molecule has 1 amide bonds. The van der Waals surface area contributed by atoms with Gasteiger partial charge in [0, 0.05) is 10.7 Å². The van der Waals surface area contributed by atoms with Gasteiger partial charge in [-0.05, 0) is 54.4 Å². The Morgan fingerprint density at radius 1 is 1.00 bits per heavy atom. The fourth-order valence-electron chi connectivity index (χ4n) is 3.13. The lowest BCUT2D eigenvalue weighted by molar-refractivity contribution is -0.115. The number of carbonyl (C=O) groups excluding carboxylic acids is 1. The minimum Gasteiger partial charge on any atom is -0.489 e. The maximum absolute atomic E-state index is 12.4. The van der Waals surface area contributed by atoms with E-state index in [0.29, 0.717) is 17.4 Å². The quantitative estimate of drug-likeness (QED) is 0.517. The standard InChI is InChI=1S/C23H20ClNO2S/c1-16-2-4-17(5-3-16)14-27-21-12-6-18(7-13-21)23-25(22(26)15-28-23)20-10-8-19(24)9-11-20/h2-13,23H,14-15H2,1H3/t23-/m1/s1. The molecule has 0 spiro atoms. The Kier molecular flexibility index (Phi) is 5.60. The summed E-state index contributed by atoms with van der Waals surface area (Å²) < 4.78 is 5.89. The van der Waals surface area contributed by atoms with E-state index in [4.69, 9.17) is 16.3 Å². The van der Waals surface area contributed by atoms with Gasteiger partial charge in [-0.2, -0.15) is 0 Å². The summed E-state index contributed by atoms with van der Waals surface area (Å²) in [5.41, 5.74) is 4.32. The second-order valence-corrected chi connectivity index (χ2v) is 8.25. The van der Waals surface area contributed by atoms with Crippen LogP contribution in [-0.4, -0.2) is 11.7 Å². The Balaban J connectivity index is 1.47. The SMILES string of the molecule is Cc1ccc(COc2ccc([C@H]3SCC(=O)N3c3ccc(Cl)cc3)cc2)cc1. The molecule has 4 rings (SSSR count).